The van der Waals surface area contributed by atoms with Gasteiger partial charge in [0, 0.05) is 22.2 Å². The first-order valence-corrected chi connectivity index (χ1v) is 6.89. The summed E-state index contributed by atoms with van der Waals surface area (Å²) in [7, 11) is 0. The van der Waals surface area contributed by atoms with Crippen molar-refractivity contribution in [3.05, 3.63) is 58.9 Å². The number of furan rings is 1. The van der Waals surface area contributed by atoms with Crippen molar-refractivity contribution in [1.29, 1.82) is 0 Å². The number of hydrogen-bond acceptors (Lipinski definition) is 3. The van der Waals surface area contributed by atoms with E-state index in [0.29, 0.717) is 0 Å². The van der Waals surface area contributed by atoms with E-state index < -0.39 is 6.10 Å². The summed E-state index contributed by atoms with van der Waals surface area (Å²) in [6.45, 7) is 2.03. The largest absolute Gasteiger partial charge is 0.469 e. The minimum absolute atomic E-state index is 0.610. The zero-order chi connectivity index (χ0) is 12.5. The zero-order valence-electron chi connectivity index (χ0n) is 10.1. The van der Waals surface area contributed by atoms with Gasteiger partial charge in [0.15, 0.2) is 0 Å². The van der Waals surface area contributed by atoms with Crippen LogP contribution in [0.5, 0.6) is 0 Å². The Bertz CT molecular complexity index is 666. The van der Waals surface area contributed by atoms with Crippen LogP contribution in [-0.4, -0.2) is 5.11 Å². The number of thiophene rings is 1. The van der Waals surface area contributed by atoms with Crippen molar-refractivity contribution in [2.24, 2.45) is 0 Å². The smallest absolute Gasteiger partial charge is 0.109 e. The quantitative estimate of drug-likeness (QED) is 0.766. The third-order valence-corrected chi connectivity index (χ3v) is 4.18. The minimum atomic E-state index is -0.610. The number of aliphatic hydroxyl groups is 1. The lowest BCUT2D eigenvalue weighted by atomic mass is 10.00. The van der Waals surface area contributed by atoms with Crippen LogP contribution < -0.4 is 0 Å². The highest BCUT2D eigenvalue weighted by Crippen LogP contribution is 2.33. The molecule has 0 radical (unpaired) electrons. The lowest BCUT2D eigenvalue weighted by Gasteiger charge is -2.11. The van der Waals surface area contributed by atoms with Gasteiger partial charge in [-0.1, -0.05) is 25.1 Å². The molecule has 0 saturated heterocycles. The fourth-order valence-corrected chi connectivity index (χ4v) is 3.22. The van der Waals surface area contributed by atoms with Crippen LogP contribution in [0.3, 0.4) is 0 Å². The van der Waals surface area contributed by atoms with Gasteiger partial charge in [-0.2, -0.15) is 0 Å². The molecule has 0 aliphatic heterocycles. The summed E-state index contributed by atoms with van der Waals surface area (Å²) in [5.41, 5.74) is 1.83. The average molecular weight is 258 g/mol. The van der Waals surface area contributed by atoms with Crippen LogP contribution >= 0.6 is 11.3 Å². The van der Waals surface area contributed by atoms with Crippen LogP contribution in [0.4, 0.5) is 0 Å². The second-order valence-electron chi connectivity index (χ2n) is 4.24. The fourth-order valence-electron chi connectivity index (χ4n) is 2.28. The van der Waals surface area contributed by atoms with Gasteiger partial charge in [0.2, 0.25) is 0 Å². The normalized spacial score (nSPS) is 13.0. The number of aliphatic hydroxyl groups excluding tert-OH is 1. The van der Waals surface area contributed by atoms with E-state index in [1.165, 1.54) is 5.39 Å². The van der Waals surface area contributed by atoms with Gasteiger partial charge in [0.1, 0.15) is 11.9 Å². The van der Waals surface area contributed by atoms with E-state index in [1.54, 1.807) is 17.6 Å². The summed E-state index contributed by atoms with van der Waals surface area (Å²) in [5, 5.41) is 13.8. The van der Waals surface area contributed by atoms with E-state index >= 15 is 0 Å². The van der Waals surface area contributed by atoms with E-state index in [9.17, 15) is 5.11 Å². The first kappa shape index (κ1) is 11.5. The Hall–Kier alpha value is -1.58. The molecule has 1 atom stereocenters. The van der Waals surface area contributed by atoms with Gasteiger partial charge in [-0.3, -0.25) is 0 Å². The van der Waals surface area contributed by atoms with Crippen LogP contribution in [0, 0.1) is 0 Å². The summed E-state index contributed by atoms with van der Waals surface area (Å²) in [4.78, 5) is 0. The third-order valence-electron chi connectivity index (χ3n) is 3.20. The maximum absolute atomic E-state index is 10.6. The van der Waals surface area contributed by atoms with Gasteiger partial charge in [0.05, 0.1) is 6.26 Å². The van der Waals surface area contributed by atoms with E-state index in [-0.39, 0.29) is 0 Å². The molecule has 1 N–H and O–H groups in total. The molecule has 1 unspecified atom stereocenters. The highest BCUT2D eigenvalue weighted by Gasteiger charge is 2.18. The Kier molecular flexibility index (Phi) is 2.94. The van der Waals surface area contributed by atoms with Crippen molar-refractivity contribution >= 4 is 21.4 Å². The van der Waals surface area contributed by atoms with Gasteiger partial charge in [0.25, 0.3) is 0 Å². The maximum Gasteiger partial charge on any atom is 0.109 e. The summed E-state index contributed by atoms with van der Waals surface area (Å²) in [6, 6.07) is 9.97. The van der Waals surface area contributed by atoms with Crippen molar-refractivity contribution in [2.45, 2.75) is 19.4 Å². The highest BCUT2D eigenvalue weighted by atomic mass is 32.1. The highest BCUT2D eigenvalue weighted by molar-refractivity contribution is 7.17. The Labute approximate surface area is 109 Å². The molecular formula is C15H14O2S. The molecule has 0 aliphatic carbocycles. The van der Waals surface area contributed by atoms with Gasteiger partial charge < -0.3 is 9.52 Å². The molecule has 3 aromatic rings. The van der Waals surface area contributed by atoms with Crippen LogP contribution in [0.25, 0.3) is 10.1 Å². The van der Waals surface area contributed by atoms with Crippen molar-refractivity contribution in [3.8, 4) is 0 Å². The van der Waals surface area contributed by atoms with E-state index in [2.05, 4.69) is 17.5 Å². The van der Waals surface area contributed by atoms with Crippen LogP contribution in [0.1, 0.15) is 29.9 Å². The molecule has 3 heteroatoms. The van der Waals surface area contributed by atoms with Crippen LogP contribution in [-0.2, 0) is 6.42 Å². The third kappa shape index (κ3) is 1.76. The van der Waals surface area contributed by atoms with Crippen molar-refractivity contribution in [1.82, 2.24) is 0 Å². The Balaban J connectivity index is 2.12. The van der Waals surface area contributed by atoms with E-state index in [0.717, 1.165) is 28.0 Å². The molecule has 0 bridgehead atoms. The van der Waals surface area contributed by atoms with Crippen LogP contribution in [0.2, 0.25) is 0 Å². The molecule has 0 aliphatic rings. The Morgan fingerprint density at radius 1 is 1.22 bits per heavy atom. The summed E-state index contributed by atoms with van der Waals surface area (Å²) >= 11 is 1.66. The van der Waals surface area contributed by atoms with Gasteiger partial charge in [-0.05, 0) is 22.9 Å². The Morgan fingerprint density at radius 3 is 2.94 bits per heavy atom. The average Bonchev–Trinajstić information content (AvgIpc) is 3.05. The standard InChI is InChI=1S/C15H14O2S/c1-2-13-11(6-8-17-13)14(16)12-5-3-4-10-7-9-18-15(10)12/h3-9,14,16H,2H2,1H3. The summed E-state index contributed by atoms with van der Waals surface area (Å²) < 4.78 is 6.54. The van der Waals surface area contributed by atoms with Gasteiger partial charge in [-0.15, -0.1) is 11.3 Å². The Morgan fingerprint density at radius 2 is 2.11 bits per heavy atom. The predicted octanol–water partition coefficient (Wildman–Crippen LogP) is 4.14. The van der Waals surface area contributed by atoms with Crippen molar-refractivity contribution < 1.29 is 9.52 Å². The molecule has 2 nitrogen and oxygen atoms in total. The molecule has 0 spiro atoms. The molecule has 0 saturated carbocycles. The molecule has 1 aromatic carbocycles. The molecule has 2 heterocycles. The summed E-state index contributed by atoms with van der Waals surface area (Å²) in [5.74, 6) is 0.857. The maximum atomic E-state index is 10.6. The minimum Gasteiger partial charge on any atom is -0.469 e. The molecular weight excluding hydrogens is 244 g/mol. The SMILES string of the molecule is CCc1occc1C(O)c1cccc2ccsc12. The first-order chi connectivity index (χ1) is 8.81. The van der Waals surface area contributed by atoms with Crippen molar-refractivity contribution in [2.75, 3.05) is 0 Å². The lowest BCUT2D eigenvalue weighted by Crippen LogP contribution is -2.01. The van der Waals surface area contributed by atoms with E-state index in [1.807, 2.05) is 25.1 Å². The number of fused-ring (bicyclic) bond motifs is 1. The van der Waals surface area contributed by atoms with Gasteiger partial charge in [-0.25, -0.2) is 0 Å². The lowest BCUT2D eigenvalue weighted by molar-refractivity contribution is 0.219. The zero-order valence-corrected chi connectivity index (χ0v) is 10.9. The first-order valence-electron chi connectivity index (χ1n) is 6.01. The topological polar surface area (TPSA) is 33.4 Å². The second-order valence-corrected chi connectivity index (χ2v) is 5.16. The number of rotatable bonds is 3. The van der Waals surface area contributed by atoms with Gasteiger partial charge >= 0.3 is 0 Å². The predicted molar refractivity (Wildman–Crippen MR) is 74.0 cm³/mol. The number of aryl methyl sites for hydroxylation is 1. The second kappa shape index (κ2) is 4.59. The van der Waals surface area contributed by atoms with E-state index in [4.69, 9.17) is 4.42 Å². The number of hydrogen-bond donors (Lipinski definition) is 1. The molecule has 3 rings (SSSR count). The fraction of sp³-hybridized carbons (Fsp3) is 0.200. The monoisotopic (exact) mass is 258 g/mol. The molecule has 0 fully saturated rings. The van der Waals surface area contributed by atoms with Crippen LogP contribution in [0.15, 0.2) is 46.4 Å². The molecule has 2 aromatic heterocycles. The molecule has 92 valence electrons. The summed E-state index contributed by atoms with van der Waals surface area (Å²) in [6.07, 6.45) is 1.83. The number of benzene rings is 1. The molecule has 0 amide bonds. The van der Waals surface area contributed by atoms with Crippen molar-refractivity contribution in [3.63, 3.8) is 0 Å². The molecule has 18 heavy (non-hydrogen) atoms.